The molecule has 4 rings (SSSR count). The number of unbranched alkanes of at least 4 members (excludes halogenated alkanes) is 10. The van der Waals surface area contributed by atoms with E-state index in [1.54, 1.807) is 0 Å². The molecule has 0 saturated heterocycles. The molecule has 1 unspecified atom stereocenters. The first kappa shape index (κ1) is 44.1. The van der Waals surface area contributed by atoms with Gasteiger partial charge in [0.05, 0.1) is 6.61 Å². The van der Waals surface area contributed by atoms with Crippen LogP contribution in [0.1, 0.15) is 178 Å². The van der Waals surface area contributed by atoms with Crippen molar-refractivity contribution in [2.24, 2.45) is 11.8 Å². The van der Waals surface area contributed by atoms with Gasteiger partial charge < -0.3 is 4.74 Å². The van der Waals surface area contributed by atoms with Crippen molar-refractivity contribution in [3.05, 3.63) is 106 Å². The normalized spacial score (nSPS) is 12.5. The van der Waals surface area contributed by atoms with Crippen LogP contribution in [0, 0.1) is 18.8 Å². The van der Waals surface area contributed by atoms with E-state index in [4.69, 9.17) is 4.74 Å². The molecule has 0 aliphatic carbocycles. The third-order valence-electron chi connectivity index (χ3n) is 11.5. The largest absolute Gasteiger partial charge is 0.494 e. The van der Waals surface area contributed by atoms with Gasteiger partial charge in [-0.2, -0.15) is 0 Å². The van der Waals surface area contributed by atoms with Gasteiger partial charge in [0.2, 0.25) is 0 Å². The predicted molar refractivity (Wildman–Crippen MR) is 246 cm³/mol. The molecule has 0 saturated carbocycles. The molecule has 0 aromatic heterocycles. The third kappa shape index (κ3) is 15.5. The number of allylic oxidation sites excluding steroid dienone is 1. The molecule has 0 spiro atoms. The van der Waals surface area contributed by atoms with Crippen LogP contribution in [0.15, 0.2) is 72.8 Å². The third-order valence-corrected chi connectivity index (χ3v) is 11.5. The van der Waals surface area contributed by atoms with Crippen LogP contribution in [0.3, 0.4) is 0 Å². The topological polar surface area (TPSA) is 9.23 Å². The van der Waals surface area contributed by atoms with Crippen LogP contribution < -0.4 is 4.74 Å². The van der Waals surface area contributed by atoms with Crippen LogP contribution in [0.4, 0.5) is 0 Å². The first-order chi connectivity index (χ1) is 26.8. The molecule has 0 fully saturated rings. The second-order valence-electron chi connectivity index (χ2n) is 17.0. The van der Waals surface area contributed by atoms with Crippen molar-refractivity contribution in [1.29, 1.82) is 0 Å². The Labute approximate surface area is 338 Å². The molecule has 0 heterocycles. The van der Waals surface area contributed by atoms with Gasteiger partial charge in [-0.05, 0) is 132 Å². The Balaban J connectivity index is 1.58. The number of hydrogen-bond donors (Lipinski definition) is 0. The summed E-state index contributed by atoms with van der Waals surface area (Å²) in [5.41, 5.74) is 10.9. The lowest BCUT2D eigenvalue weighted by Gasteiger charge is -2.15. The van der Waals surface area contributed by atoms with Gasteiger partial charge in [0.25, 0.3) is 0 Å². The number of hydrogen-bond acceptors (Lipinski definition) is 1. The van der Waals surface area contributed by atoms with Crippen LogP contribution in [0.25, 0.3) is 40.1 Å². The number of rotatable bonds is 26. The summed E-state index contributed by atoms with van der Waals surface area (Å²) in [6, 6.07) is 25.5. The highest BCUT2D eigenvalue weighted by Gasteiger charge is 2.11. The SMILES string of the molecule is C/C=C/c1cc(CCCCCCCC)c(/C=C/c2cc(-c3ccc(OCCC(C)CCCC(C)C)cc3)c3cc(C)ccc3c2)cc1CCCCCCCC. The summed E-state index contributed by atoms with van der Waals surface area (Å²) in [6.07, 6.45) is 32.6. The number of benzene rings is 4. The van der Waals surface area contributed by atoms with E-state index in [-0.39, 0.29) is 0 Å². The van der Waals surface area contributed by atoms with Crippen molar-refractivity contribution < 1.29 is 4.74 Å². The van der Waals surface area contributed by atoms with Crippen molar-refractivity contribution in [2.75, 3.05) is 6.61 Å². The maximum Gasteiger partial charge on any atom is 0.119 e. The summed E-state index contributed by atoms with van der Waals surface area (Å²) in [5, 5.41) is 2.59. The van der Waals surface area contributed by atoms with Crippen LogP contribution >= 0.6 is 0 Å². The average Bonchev–Trinajstić information content (AvgIpc) is 3.17. The monoisotopic (exact) mass is 741 g/mol. The first-order valence-corrected chi connectivity index (χ1v) is 22.5. The minimum atomic E-state index is 0.702. The number of aryl methyl sites for hydroxylation is 3. The summed E-state index contributed by atoms with van der Waals surface area (Å²) in [5.74, 6) is 2.46. The van der Waals surface area contributed by atoms with Crippen molar-refractivity contribution in [3.63, 3.8) is 0 Å². The maximum absolute atomic E-state index is 6.24. The zero-order chi connectivity index (χ0) is 39.3. The van der Waals surface area contributed by atoms with Gasteiger partial charge in [-0.15, -0.1) is 0 Å². The second-order valence-corrected chi connectivity index (χ2v) is 17.0. The van der Waals surface area contributed by atoms with Gasteiger partial charge in [0.15, 0.2) is 0 Å². The molecular formula is C54H76O. The molecule has 4 aromatic rings. The van der Waals surface area contributed by atoms with Crippen molar-refractivity contribution in [2.45, 2.75) is 164 Å². The number of ether oxygens (including phenoxy) is 1. The Kier molecular flexibility index (Phi) is 19.9. The first-order valence-electron chi connectivity index (χ1n) is 22.5. The van der Waals surface area contributed by atoms with E-state index in [2.05, 4.69) is 140 Å². The van der Waals surface area contributed by atoms with E-state index in [0.29, 0.717) is 5.92 Å². The molecular weight excluding hydrogens is 665 g/mol. The smallest absolute Gasteiger partial charge is 0.119 e. The molecule has 1 atom stereocenters. The highest BCUT2D eigenvalue weighted by Crippen LogP contribution is 2.34. The Morgan fingerprint density at radius 1 is 0.582 bits per heavy atom. The van der Waals surface area contributed by atoms with Crippen LogP contribution in [0.5, 0.6) is 5.75 Å². The second kappa shape index (κ2) is 24.8. The zero-order valence-electron chi connectivity index (χ0n) is 36.2. The van der Waals surface area contributed by atoms with E-state index in [1.165, 1.54) is 152 Å². The fraction of sp³-hybridized carbons (Fsp3) is 0.519. The highest BCUT2D eigenvalue weighted by molar-refractivity contribution is 5.99. The van der Waals surface area contributed by atoms with Gasteiger partial charge in [-0.25, -0.2) is 0 Å². The summed E-state index contributed by atoms with van der Waals surface area (Å²) in [4.78, 5) is 0. The maximum atomic E-state index is 6.24. The Morgan fingerprint density at radius 2 is 1.20 bits per heavy atom. The Bertz CT molecular complexity index is 1740. The summed E-state index contributed by atoms with van der Waals surface area (Å²) >= 11 is 0. The molecule has 0 aliphatic heterocycles. The Hall–Kier alpha value is -3.58. The van der Waals surface area contributed by atoms with Crippen molar-refractivity contribution in [1.82, 2.24) is 0 Å². The molecule has 0 N–H and O–H groups in total. The average molecular weight is 741 g/mol. The summed E-state index contributed by atoms with van der Waals surface area (Å²) in [6.45, 7) is 16.7. The molecule has 55 heavy (non-hydrogen) atoms. The van der Waals surface area contributed by atoms with Gasteiger partial charge in [0.1, 0.15) is 5.75 Å². The summed E-state index contributed by atoms with van der Waals surface area (Å²) in [7, 11) is 0. The molecule has 4 aromatic carbocycles. The molecule has 298 valence electrons. The lowest BCUT2D eigenvalue weighted by Crippen LogP contribution is -2.04. The van der Waals surface area contributed by atoms with E-state index >= 15 is 0 Å². The number of fused-ring (bicyclic) bond motifs is 1. The Morgan fingerprint density at radius 3 is 1.82 bits per heavy atom. The van der Waals surface area contributed by atoms with E-state index < -0.39 is 0 Å². The fourth-order valence-electron chi connectivity index (χ4n) is 7.99. The molecule has 0 bridgehead atoms. The van der Waals surface area contributed by atoms with Gasteiger partial charge >= 0.3 is 0 Å². The minimum Gasteiger partial charge on any atom is -0.494 e. The molecule has 0 amide bonds. The standard InChI is InChI=1S/C54H76O/c1-8-11-13-15-17-19-25-48-41-50(49(40-47(48)22-10-3)26-20-18-16-14-12-9-2)30-28-45-38-51-29-27-44(7)37-53(51)54(39-45)46-31-33-52(34-32-46)55-36-35-43(6)24-21-23-42(4)5/h10,22,27-34,37-43H,8-9,11-21,23-26,35-36H2,1-7H3/b22-10+,30-28+. The molecule has 1 nitrogen and oxygen atoms in total. The highest BCUT2D eigenvalue weighted by atomic mass is 16.5. The minimum absolute atomic E-state index is 0.702. The van der Waals surface area contributed by atoms with Crippen LogP contribution in [0.2, 0.25) is 0 Å². The summed E-state index contributed by atoms with van der Waals surface area (Å²) < 4.78 is 6.24. The quantitative estimate of drug-likeness (QED) is 0.0460. The lowest BCUT2D eigenvalue weighted by atomic mass is 9.91. The van der Waals surface area contributed by atoms with E-state index in [1.807, 2.05) is 0 Å². The van der Waals surface area contributed by atoms with Gasteiger partial charge in [0, 0.05) is 0 Å². The predicted octanol–water partition coefficient (Wildman–Crippen LogP) is 17.1. The zero-order valence-corrected chi connectivity index (χ0v) is 36.2. The van der Waals surface area contributed by atoms with Crippen LogP contribution in [-0.2, 0) is 12.8 Å². The molecule has 0 radical (unpaired) electrons. The lowest BCUT2D eigenvalue weighted by molar-refractivity contribution is 0.276. The van der Waals surface area contributed by atoms with Crippen LogP contribution in [-0.4, -0.2) is 6.61 Å². The molecule has 1 heteroatoms. The fourth-order valence-corrected chi connectivity index (χ4v) is 7.99. The van der Waals surface area contributed by atoms with Gasteiger partial charge in [-0.3, -0.25) is 0 Å². The molecule has 0 aliphatic rings. The van der Waals surface area contributed by atoms with Crippen molar-refractivity contribution >= 4 is 29.0 Å². The van der Waals surface area contributed by atoms with E-state index in [0.717, 1.165) is 37.5 Å². The van der Waals surface area contributed by atoms with Crippen molar-refractivity contribution in [3.8, 4) is 16.9 Å². The van der Waals surface area contributed by atoms with E-state index in [9.17, 15) is 0 Å². The van der Waals surface area contributed by atoms with Gasteiger partial charge in [-0.1, -0.05) is 190 Å².